The van der Waals surface area contributed by atoms with E-state index in [4.69, 9.17) is 4.74 Å². The maximum absolute atomic E-state index is 13.7. The molecule has 0 fully saturated rings. The molecule has 1 N–H and O–H groups in total. The van der Waals surface area contributed by atoms with Gasteiger partial charge in [0.15, 0.2) is 0 Å². The van der Waals surface area contributed by atoms with Crippen LogP contribution in [-0.4, -0.2) is 9.67 Å². The van der Waals surface area contributed by atoms with E-state index in [1.807, 2.05) is 0 Å². The van der Waals surface area contributed by atoms with E-state index in [9.17, 15) is 28.3 Å². The second-order valence-corrected chi connectivity index (χ2v) is 7.43. The van der Waals surface area contributed by atoms with Crippen molar-refractivity contribution in [3.05, 3.63) is 112 Å². The van der Waals surface area contributed by atoms with E-state index < -0.39 is 22.9 Å². The standard InChI is InChI=1S/C26H17F3N2O3/c27-26(28,29)23-14-24(31(25(33)22(23)15-30)16-17-4-2-1-3-5-17)18-6-10-20(11-7-18)34-21-12-8-19(32)9-13-21/h1-14,32H,16H2. The number of nitriles is 1. The molecule has 8 heteroatoms. The summed E-state index contributed by atoms with van der Waals surface area (Å²) in [5, 5.41) is 18.7. The molecule has 0 saturated heterocycles. The van der Waals surface area contributed by atoms with Gasteiger partial charge in [0.1, 0.15) is 28.9 Å². The van der Waals surface area contributed by atoms with Crippen LogP contribution in [-0.2, 0) is 12.7 Å². The van der Waals surface area contributed by atoms with E-state index in [2.05, 4.69) is 0 Å². The number of nitrogens with zero attached hydrogens (tertiary/aromatic N) is 2. The van der Waals surface area contributed by atoms with Gasteiger partial charge in [0.25, 0.3) is 5.56 Å². The fourth-order valence-corrected chi connectivity index (χ4v) is 3.48. The number of phenolic OH excluding ortho intramolecular Hbond substituents is 1. The van der Waals surface area contributed by atoms with Gasteiger partial charge in [0, 0.05) is 0 Å². The van der Waals surface area contributed by atoms with Gasteiger partial charge in [0.2, 0.25) is 0 Å². The Bertz CT molecular complexity index is 1400. The Labute approximate surface area is 192 Å². The Kier molecular flexibility index (Phi) is 6.11. The Morgan fingerprint density at radius 3 is 2.06 bits per heavy atom. The van der Waals surface area contributed by atoms with Gasteiger partial charge < -0.3 is 14.4 Å². The van der Waals surface area contributed by atoms with Crippen molar-refractivity contribution in [1.29, 1.82) is 5.26 Å². The van der Waals surface area contributed by atoms with Crippen LogP contribution < -0.4 is 10.3 Å². The van der Waals surface area contributed by atoms with Crippen LogP contribution in [0.15, 0.2) is 89.7 Å². The van der Waals surface area contributed by atoms with Crippen LogP contribution in [0.3, 0.4) is 0 Å². The van der Waals surface area contributed by atoms with Gasteiger partial charge in [-0.1, -0.05) is 30.3 Å². The average molecular weight is 462 g/mol. The first kappa shape index (κ1) is 22.7. The topological polar surface area (TPSA) is 75.2 Å². The molecule has 0 amide bonds. The monoisotopic (exact) mass is 462 g/mol. The molecular formula is C26H17F3N2O3. The Balaban J connectivity index is 1.80. The summed E-state index contributed by atoms with van der Waals surface area (Å²) in [6.07, 6.45) is -4.87. The summed E-state index contributed by atoms with van der Waals surface area (Å²) in [5.74, 6) is 0.959. The molecule has 1 aromatic heterocycles. The van der Waals surface area contributed by atoms with E-state index in [0.29, 0.717) is 22.6 Å². The minimum Gasteiger partial charge on any atom is -0.508 e. The van der Waals surface area contributed by atoms with E-state index >= 15 is 0 Å². The summed E-state index contributed by atoms with van der Waals surface area (Å²) in [6, 6.07) is 23.3. The lowest BCUT2D eigenvalue weighted by Crippen LogP contribution is -2.28. The molecule has 170 valence electrons. The quantitative estimate of drug-likeness (QED) is 0.398. The van der Waals surface area contributed by atoms with Crippen LogP contribution in [0.4, 0.5) is 13.2 Å². The van der Waals surface area contributed by atoms with Crippen molar-refractivity contribution in [2.75, 3.05) is 0 Å². The molecule has 0 aliphatic heterocycles. The van der Waals surface area contributed by atoms with Crippen LogP contribution >= 0.6 is 0 Å². The minimum atomic E-state index is -4.87. The molecule has 0 saturated carbocycles. The predicted octanol–water partition coefficient (Wildman–Crippen LogP) is 5.95. The minimum absolute atomic E-state index is 0.00637. The summed E-state index contributed by atoms with van der Waals surface area (Å²) in [6.45, 7) is -0.00637. The average Bonchev–Trinajstić information content (AvgIpc) is 2.82. The van der Waals surface area contributed by atoms with E-state index in [1.165, 1.54) is 34.9 Å². The number of ether oxygens (including phenoxy) is 1. The van der Waals surface area contributed by atoms with Gasteiger partial charge in [-0.05, 0) is 65.7 Å². The van der Waals surface area contributed by atoms with Gasteiger partial charge >= 0.3 is 6.18 Å². The third-order valence-corrected chi connectivity index (χ3v) is 5.12. The lowest BCUT2D eigenvalue weighted by atomic mass is 10.0. The van der Waals surface area contributed by atoms with Crippen molar-refractivity contribution >= 4 is 0 Å². The van der Waals surface area contributed by atoms with Crippen LogP contribution in [0, 0.1) is 11.3 Å². The van der Waals surface area contributed by atoms with Crippen molar-refractivity contribution in [2.45, 2.75) is 12.7 Å². The fourth-order valence-electron chi connectivity index (χ4n) is 3.48. The highest BCUT2D eigenvalue weighted by Gasteiger charge is 2.36. The second kappa shape index (κ2) is 9.16. The number of rotatable bonds is 5. The van der Waals surface area contributed by atoms with Crippen molar-refractivity contribution in [2.24, 2.45) is 0 Å². The highest BCUT2D eigenvalue weighted by molar-refractivity contribution is 5.63. The number of benzene rings is 3. The zero-order valence-corrected chi connectivity index (χ0v) is 17.6. The maximum atomic E-state index is 13.7. The van der Waals surface area contributed by atoms with E-state index in [0.717, 1.165) is 6.07 Å². The summed E-state index contributed by atoms with van der Waals surface area (Å²) >= 11 is 0. The van der Waals surface area contributed by atoms with Crippen molar-refractivity contribution in [1.82, 2.24) is 4.57 Å². The number of halogens is 3. The van der Waals surface area contributed by atoms with Crippen molar-refractivity contribution < 1.29 is 23.0 Å². The number of alkyl halides is 3. The molecule has 3 aromatic carbocycles. The smallest absolute Gasteiger partial charge is 0.417 e. The number of hydrogen-bond donors (Lipinski definition) is 1. The number of aromatic nitrogens is 1. The fraction of sp³-hybridized carbons (Fsp3) is 0.0769. The molecule has 0 bridgehead atoms. The van der Waals surface area contributed by atoms with Crippen LogP contribution in [0.1, 0.15) is 16.7 Å². The molecule has 1 heterocycles. The Morgan fingerprint density at radius 2 is 1.50 bits per heavy atom. The second-order valence-electron chi connectivity index (χ2n) is 7.43. The summed E-state index contributed by atoms with van der Waals surface area (Å²) in [4.78, 5) is 13.0. The number of aromatic hydroxyl groups is 1. The first-order chi connectivity index (χ1) is 16.3. The van der Waals surface area contributed by atoms with Crippen LogP contribution in [0.25, 0.3) is 11.3 Å². The Morgan fingerprint density at radius 1 is 0.912 bits per heavy atom. The number of hydrogen-bond acceptors (Lipinski definition) is 4. The van der Waals surface area contributed by atoms with Gasteiger partial charge in [-0.3, -0.25) is 4.79 Å². The summed E-state index contributed by atoms with van der Waals surface area (Å²) in [7, 11) is 0. The lowest BCUT2D eigenvalue weighted by Gasteiger charge is -2.18. The molecule has 0 atom stereocenters. The highest BCUT2D eigenvalue weighted by atomic mass is 19.4. The predicted molar refractivity (Wildman–Crippen MR) is 120 cm³/mol. The molecular weight excluding hydrogens is 445 g/mol. The first-order valence-electron chi connectivity index (χ1n) is 10.1. The summed E-state index contributed by atoms with van der Waals surface area (Å²) in [5.41, 5.74) is -2.16. The molecule has 5 nitrogen and oxygen atoms in total. The van der Waals surface area contributed by atoms with Gasteiger partial charge in [-0.25, -0.2) is 0 Å². The Hall–Kier alpha value is -4.51. The van der Waals surface area contributed by atoms with Crippen molar-refractivity contribution in [3.8, 4) is 34.6 Å². The maximum Gasteiger partial charge on any atom is 0.417 e. The van der Waals surface area contributed by atoms with Crippen molar-refractivity contribution in [3.63, 3.8) is 0 Å². The zero-order chi connectivity index (χ0) is 24.3. The summed E-state index contributed by atoms with van der Waals surface area (Å²) < 4.78 is 47.9. The third-order valence-electron chi connectivity index (χ3n) is 5.12. The SMILES string of the molecule is N#Cc1c(C(F)(F)F)cc(-c2ccc(Oc3ccc(O)cc3)cc2)n(Cc2ccccc2)c1=O. The molecule has 34 heavy (non-hydrogen) atoms. The molecule has 0 unspecified atom stereocenters. The van der Waals surface area contributed by atoms with Gasteiger partial charge in [0.05, 0.1) is 17.8 Å². The van der Waals surface area contributed by atoms with E-state index in [1.54, 1.807) is 54.6 Å². The molecule has 0 aliphatic rings. The van der Waals surface area contributed by atoms with Gasteiger partial charge in [-0.2, -0.15) is 18.4 Å². The normalized spacial score (nSPS) is 11.1. The molecule has 0 radical (unpaired) electrons. The molecule has 4 rings (SSSR count). The molecule has 4 aromatic rings. The third kappa shape index (κ3) is 4.79. The number of phenols is 1. The zero-order valence-electron chi connectivity index (χ0n) is 17.6. The largest absolute Gasteiger partial charge is 0.508 e. The van der Waals surface area contributed by atoms with E-state index in [-0.39, 0.29) is 18.0 Å². The molecule has 0 spiro atoms. The van der Waals surface area contributed by atoms with Gasteiger partial charge in [-0.15, -0.1) is 0 Å². The first-order valence-corrected chi connectivity index (χ1v) is 10.1. The van der Waals surface area contributed by atoms with Crippen LogP contribution in [0.5, 0.6) is 17.2 Å². The highest BCUT2D eigenvalue weighted by Crippen LogP contribution is 2.34. The number of pyridine rings is 1. The lowest BCUT2D eigenvalue weighted by molar-refractivity contribution is -0.137. The molecule has 0 aliphatic carbocycles. The van der Waals surface area contributed by atoms with Crippen LogP contribution in [0.2, 0.25) is 0 Å².